The Balaban J connectivity index is 3.30. The third-order valence-corrected chi connectivity index (χ3v) is 1.92. The summed E-state index contributed by atoms with van der Waals surface area (Å²) in [7, 11) is 0. The molecular formula is C5H10BrNO. The van der Waals surface area contributed by atoms with Gasteiger partial charge in [-0.15, -0.1) is 0 Å². The molecule has 0 aliphatic rings. The number of halogens is 1. The van der Waals surface area contributed by atoms with E-state index in [1.807, 2.05) is 13.8 Å². The molecule has 0 aromatic rings. The highest BCUT2D eigenvalue weighted by molar-refractivity contribution is 9.07. The van der Waals surface area contributed by atoms with Crippen molar-refractivity contribution in [3.8, 4) is 0 Å². The summed E-state index contributed by atoms with van der Waals surface area (Å²) in [5, 5.41) is 0. The van der Waals surface area contributed by atoms with Crippen LogP contribution in [0.3, 0.4) is 0 Å². The quantitative estimate of drug-likeness (QED) is 0.480. The van der Waals surface area contributed by atoms with Crippen LogP contribution in [0.15, 0.2) is 0 Å². The minimum absolute atomic E-state index is 0.389. The zero-order valence-electron chi connectivity index (χ0n) is 5.10. The van der Waals surface area contributed by atoms with E-state index in [4.69, 9.17) is 0 Å². The highest BCUT2D eigenvalue weighted by Crippen LogP contribution is 2.01. The van der Waals surface area contributed by atoms with Crippen LogP contribution in [0.4, 0.5) is 0 Å². The Morgan fingerprint density at radius 2 is 2.25 bits per heavy atom. The molecule has 0 aromatic carbocycles. The average molecular weight is 180 g/mol. The Labute approximate surface area is 58.2 Å². The summed E-state index contributed by atoms with van der Waals surface area (Å²) in [5.41, 5.74) is 0. The minimum atomic E-state index is 0.389. The lowest BCUT2D eigenvalue weighted by Gasteiger charge is -2.13. The van der Waals surface area contributed by atoms with Crippen LogP contribution in [0.25, 0.3) is 0 Å². The molecule has 0 saturated heterocycles. The first-order valence-electron chi connectivity index (χ1n) is 2.54. The molecule has 0 heterocycles. The molecule has 8 heavy (non-hydrogen) atoms. The van der Waals surface area contributed by atoms with Gasteiger partial charge in [-0.3, -0.25) is 0 Å². The average Bonchev–Trinajstić information content (AvgIpc) is 1.67. The molecule has 0 unspecified atom stereocenters. The van der Waals surface area contributed by atoms with E-state index >= 15 is 0 Å². The van der Waals surface area contributed by atoms with Gasteiger partial charge >= 0.3 is 0 Å². The van der Waals surface area contributed by atoms with E-state index in [1.165, 1.54) is 0 Å². The minimum Gasteiger partial charge on any atom is -0.302 e. The second-order valence-electron chi connectivity index (χ2n) is 1.84. The highest BCUT2D eigenvalue weighted by Gasteiger charge is 2.01. The molecule has 2 nitrogen and oxygen atoms in total. The Bertz CT molecular complexity index is 74.8. The predicted molar refractivity (Wildman–Crippen MR) is 36.8 cm³/mol. The van der Waals surface area contributed by atoms with Gasteiger partial charge in [0, 0.05) is 22.2 Å². The molecule has 0 spiro atoms. The van der Waals surface area contributed by atoms with Gasteiger partial charge in [0.25, 0.3) is 0 Å². The summed E-state index contributed by atoms with van der Waals surface area (Å²) < 4.78 is 1.79. The molecule has 0 aromatic heterocycles. The summed E-state index contributed by atoms with van der Waals surface area (Å²) in [6.07, 6.45) is 0.870. The lowest BCUT2D eigenvalue weighted by Crippen LogP contribution is -2.21. The van der Waals surface area contributed by atoms with E-state index in [-0.39, 0.29) is 0 Å². The molecule has 0 amide bonds. The van der Waals surface area contributed by atoms with E-state index in [1.54, 1.807) is 3.93 Å². The number of carbonyl (C=O) groups is 1. The van der Waals surface area contributed by atoms with Crippen LogP contribution in [0, 0.1) is 0 Å². The van der Waals surface area contributed by atoms with Crippen molar-refractivity contribution in [1.82, 2.24) is 3.93 Å². The standard InChI is InChI=1S/C5H10BrNO/c1-5(2)7(6)3-4-8/h4-5H,3H2,1-2H3. The van der Waals surface area contributed by atoms with Crippen LogP contribution in [-0.2, 0) is 4.79 Å². The fraction of sp³-hybridized carbons (Fsp3) is 0.800. The van der Waals surface area contributed by atoms with Gasteiger partial charge in [0.2, 0.25) is 0 Å². The number of hydrogen-bond acceptors (Lipinski definition) is 2. The molecule has 48 valence electrons. The van der Waals surface area contributed by atoms with E-state index in [2.05, 4.69) is 16.1 Å². The Kier molecular flexibility index (Phi) is 4.09. The molecule has 3 heteroatoms. The second kappa shape index (κ2) is 4.04. The van der Waals surface area contributed by atoms with Crippen LogP contribution in [-0.4, -0.2) is 22.8 Å². The van der Waals surface area contributed by atoms with Gasteiger partial charge in [0.1, 0.15) is 6.29 Å². The Morgan fingerprint density at radius 3 is 2.38 bits per heavy atom. The highest BCUT2D eigenvalue weighted by atomic mass is 79.9. The van der Waals surface area contributed by atoms with Crippen molar-refractivity contribution in [2.45, 2.75) is 19.9 Å². The van der Waals surface area contributed by atoms with Gasteiger partial charge in [0.05, 0.1) is 6.54 Å². The van der Waals surface area contributed by atoms with Gasteiger partial charge in [-0.25, -0.2) is 3.93 Å². The molecule has 0 fully saturated rings. The maximum absolute atomic E-state index is 9.85. The first-order chi connectivity index (χ1) is 3.68. The normalized spacial score (nSPS) is 10.6. The van der Waals surface area contributed by atoms with Crippen molar-refractivity contribution in [1.29, 1.82) is 0 Å². The van der Waals surface area contributed by atoms with Crippen molar-refractivity contribution in [2.75, 3.05) is 6.54 Å². The molecule has 0 aliphatic carbocycles. The number of rotatable bonds is 3. The summed E-state index contributed by atoms with van der Waals surface area (Å²) in [5.74, 6) is 0. The molecular weight excluding hydrogens is 170 g/mol. The summed E-state index contributed by atoms with van der Waals surface area (Å²) in [4.78, 5) is 9.85. The third-order valence-electron chi connectivity index (χ3n) is 0.809. The lowest BCUT2D eigenvalue weighted by atomic mass is 10.4. The predicted octanol–water partition coefficient (Wildman–Crippen LogP) is 1.21. The smallest absolute Gasteiger partial charge is 0.134 e. The van der Waals surface area contributed by atoms with Crippen molar-refractivity contribution < 1.29 is 4.79 Å². The molecule has 0 rings (SSSR count). The van der Waals surface area contributed by atoms with Crippen LogP contribution in [0.1, 0.15) is 13.8 Å². The maximum atomic E-state index is 9.85. The Hall–Kier alpha value is 0.110. The molecule has 0 bridgehead atoms. The van der Waals surface area contributed by atoms with Gasteiger partial charge in [0.15, 0.2) is 0 Å². The first-order valence-corrected chi connectivity index (χ1v) is 3.25. The molecule has 0 atom stereocenters. The van der Waals surface area contributed by atoms with E-state index < -0.39 is 0 Å². The molecule has 0 radical (unpaired) electrons. The van der Waals surface area contributed by atoms with Gasteiger partial charge < -0.3 is 4.79 Å². The van der Waals surface area contributed by atoms with Crippen LogP contribution in [0.5, 0.6) is 0 Å². The number of nitrogens with zero attached hydrogens (tertiary/aromatic N) is 1. The van der Waals surface area contributed by atoms with E-state index in [9.17, 15) is 4.79 Å². The SMILES string of the molecule is CC(C)N(Br)CC=O. The maximum Gasteiger partial charge on any atom is 0.134 e. The van der Waals surface area contributed by atoms with Crippen molar-refractivity contribution in [3.63, 3.8) is 0 Å². The summed E-state index contributed by atoms with van der Waals surface area (Å²) in [6, 6.07) is 0.389. The zero-order valence-corrected chi connectivity index (χ0v) is 6.68. The zero-order chi connectivity index (χ0) is 6.57. The molecule has 0 N–H and O–H groups in total. The van der Waals surface area contributed by atoms with Gasteiger partial charge in [-0.1, -0.05) is 0 Å². The third kappa shape index (κ3) is 3.16. The van der Waals surface area contributed by atoms with Crippen LogP contribution < -0.4 is 0 Å². The largest absolute Gasteiger partial charge is 0.302 e. The number of hydrogen-bond donors (Lipinski definition) is 0. The molecule has 0 saturated carbocycles. The Morgan fingerprint density at radius 1 is 1.75 bits per heavy atom. The van der Waals surface area contributed by atoms with Crippen LogP contribution in [0.2, 0.25) is 0 Å². The second-order valence-corrected chi connectivity index (χ2v) is 2.75. The monoisotopic (exact) mass is 179 g/mol. The summed E-state index contributed by atoms with van der Waals surface area (Å²) >= 11 is 3.20. The lowest BCUT2D eigenvalue weighted by molar-refractivity contribution is -0.108. The number of carbonyl (C=O) groups excluding carboxylic acids is 1. The van der Waals surface area contributed by atoms with Crippen molar-refractivity contribution in [3.05, 3.63) is 0 Å². The molecule has 0 aliphatic heterocycles. The fourth-order valence-electron chi connectivity index (χ4n) is 0.282. The van der Waals surface area contributed by atoms with Crippen LogP contribution >= 0.6 is 16.1 Å². The van der Waals surface area contributed by atoms with Crippen molar-refractivity contribution >= 4 is 22.4 Å². The topological polar surface area (TPSA) is 20.3 Å². The van der Waals surface area contributed by atoms with Crippen molar-refractivity contribution in [2.24, 2.45) is 0 Å². The van der Waals surface area contributed by atoms with Gasteiger partial charge in [-0.2, -0.15) is 0 Å². The summed E-state index contributed by atoms with van der Waals surface area (Å²) in [6.45, 7) is 4.48. The first kappa shape index (κ1) is 8.11. The number of aldehydes is 1. The van der Waals surface area contributed by atoms with Gasteiger partial charge in [-0.05, 0) is 13.8 Å². The van der Waals surface area contributed by atoms with E-state index in [0.29, 0.717) is 12.6 Å². The van der Waals surface area contributed by atoms with E-state index in [0.717, 1.165) is 6.29 Å². The fourth-order valence-corrected chi connectivity index (χ4v) is 0.400.